The first-order valence-corrected chi connectivity index (χ1v) is 9.47. The van der Waals surface area contributed by atoms with Gasteiger partial charge in [0.2, 0.25) is 0 Å². The van der Waals surface area contributed by atoms with E-state index in [-0.39, 0.29) is 35.9 Å². The average Bonchev–Trinajstić information content (AvgIpc) is 3.38. The number of furan rings is 1. The highest BCUT2D eigenvalue weighted by molar-refractivity contribution is 14.0. The summed E-state index contributed by atoms with van der Waals surface area (Å²) in [5, 5.41) is 3.47. The summed E-state index contributed by atoms with van der Waals surface area (Å²) in [5.74, 6) is 2.29. The normalized spacial score (nSPS) is 21.0. The zero-order valence-electron chi connectivity index (χ0n) is 15.9. The molecule has 3 rings (SSSR count). The zero-order valence-corrected chi connectivity index (χ0v) is 18.2. The van der Waals surface area contributed by atoms with Gasteiger partial charge in [-0.3, -0.25) is 9.79 Å². The molecule has 27 heavy (non-hydrogen) atoms. The lowest BCUT2D eigenvalue weighted by Crippen LogP contribution is -2.47. The first-order chi connectivity index (χ1) is 12.8. The molecule has 2 saturated heterocycles. The fourth-order valence-corrected chi connectivity index (χ4v) is 3.46. The monoisotopic (exact) mass is 491 g/mol. The van der Waals surface area contributed by atoms with Crippen LogP contribution in [-0.4, -0.2) is 63.3 Å². The number of rotatable bonds is 6. The van der Waals surface area contributed by atoms with Crippen LogP contribution in [-0.2, 0) is 20.7 Å². The summed E-state index contributed by atoms with van der Waals surface area (Å²) in [6, 6.07) is 3.89. The van der Waals surface area contributed by atoms with Crippen molar-refractivity contribution in [1.29, 1.82) is 0 Å². The summed E-state index contributed by atoms with van der Waals surface area (Å²) < 4.78 is 15.7. The lowest BCUT2D eigenvalue weighted by molar-refractivity contribution is -0.146. The summed E-state index contributed by atoms with van der Waals surface area (Å²) in [5.41, 5.74) is 0. The number of aliphatic imine (C=N–C) groups is 1. The third kappa shape index (κ3) is 6.67. The molecule has 152 valence electrons. The van der Waals surface area contributed by atoms with Gasteiger partial charge in [-0.15, -0.1) is 24.0 Å². The van der Waals surface area contributed by atoms with Crippen LogP contribution in [0.25, 0.3) is 0 Å². The van der Waals surface area contributed by atoms with Crippen molar-refractivity contribution >= 4 is 35.9 Å². The minimum atomic E-state index is -0.1000. The molecule has 7 nitrogen and oxygen atoms in total. The van der Waals surface area contributed by atoms with Crippen LogP contribution in [0.2, 0.25) is 0 Å². The van der Waals surface area contributed by atoms with Gasteiger partial charge in [0.05, 0.1) is 25.9 Å². The molecule has 2 fully saturated rings. The van der Waals surface area contributed by atoms with Gasteiger partial charge in [-0.1, -0.05) is 0 Å². The van der Waals surface area contributed by atoms with Crippen LogP contribution in [0.1, 0.15) is 25.0 Å². The zero-order chi connectivity index (χ0) is 18.2. The van der Waals surface area contributed by atoms with Crippen molar-refractivity contribution in [2.45, 2.75) is 25.7 Å². The standard InChI is InChI=1S/C19H29N3O4.HI/c1-24-18(23)16-5-9-22(10-6-16)19(21-13-15-7-12-25-14-15)20-8-4-17-3-2-11-26-17;/h2-3,11,15-16H,4-10,12-14H2,1H3,(H,20,21);1H. The number of methoxy groups -OCH3 is 1. The van der Waals surface area contributed by atoms with E-state index >= 15 is 0 Å². The first-order valence-electron chi connectivity index (χ1n) is 9.47. The number of carbonyl (C=O) groups is 1. The molecule has 2 aliphatic rings. The van der Waals surface area contributed by atoms with Gasteiger partial charge < -0.3 is 24.1 Å². The highest BCUT2D eigenvalue weighted by Crippen LogP contribution is 2.19. The van der Waals surface area contributed by atoms with Crippen molar-refractivity contribution in [3.05, 3.63) is 24.2 Å². The Labute approximate surface area is 177 Å². The summed E-state index contributed by atoms with van der Waals surface area (Å²) in [6.45, 7) is 4.81. The quantitative estimate of drug-likeness (QED) is 0.285. The van der Waals surface area contributed by atoms with E-state index in [0.717, 1.165) is 76.8 Å². The van der Waals surface area contributed by atoms with Gasteiger partial charge in [0.1, 0.15) is 5.76 Å². The molecule has 0 spiro atoms. The number of halogens is 1. The predicted molar refractivity (Wildman–Crippen MR) is 113 cm³/mol. The fourth-order valence-electron chi connectivity index (χ4n) is 3.46. The molecule has 1 aromatic heterocycles. The Hall–Kier alpha value is -1.29. The van der Waals surface area contributed by atoms with E-state index in [0.29, 0.717) is 5.92 Å². The molecule has 1 unspecified atom stereocenters. The number of ether oxygens (including phenoxy) is 2. The van der Waals surface area contributed by atoms with Crippen LogP contribution in [0.15, 0.2) is 27.8 Å². The second-order valence-electron chi connectivity index (χ2n) is 6.93. The number of likely N-dealkylation sites (tertiary alicyclic amines) is 1. The molecular weight excluding hydrogens is 461 g/mol. The van der Waals surface area contributed by atoms with E-state index in [1.807, 2.05) is 12.1 Å². The Morgan fingerprint density at radius 2 is 2.19 bits per heavy atom. The number of carbonyl (C=O) groups excluding carboxylic acids is 1. The van der Waals surface area contributed by atoms with Crippen molar-refractivity contribution < 1.29 is 18.7 Å². The van der Waals surface area contributed by atoms with E-state index in [1.54, 1.807) is 6.26 Å². The van der Waals surface area contributed by atoms with E-state index in [2.05, 4.69) is 10.2 Å². The fraction of sp³-hybridized carbons (Fsp3) is 0.684. The van der Waals surface area contributed by atoms with Crippen LogP contribution in [0.3, 0.4) is 0 Å². The minimum absolute atomic E-state index is 0. The van der Waals surface area contributed by atoms with Crippen LogP contribution in [0.4, 0.5) is 0 Å². The highest BCUT2D eigenvalue weighted by atomic mass is 127. The molecule has 0 aliphatic carbocycles. The smallest absolute Gasteiger partial charge is 0.308 e. The largest absolute Gasteiger partial charge is 0.469 e. The van der Waals surface area contributed by atoms with Crippen LogP contribution >= 0.6 is 24.0 Å². The maximum atomic E-state index is 11.7. The van der Waals surface area contributed by atoms with Gasteiger partial charge in [-0.05, 0) is 31.4 Å². The number of nitrogens with zero attached hydrogens (tertiary/aromatic N) is 2. The Bertz CT molecular complexity index is 580. The molecular formula is C19H30IN3O4. The van der Waals surface area contributed by atoms with Gasteiger partial charge in [0, 0.05) is 45.1 Å². The molecule has 0 saturated carbocycles. The average molecular weight is 491 g/mol. The first kappa shape index (κ1) is 22.0. The highest BCUT2D eigenvalue weighted by Gasteiger charge is 2.27. The number of nitrogens with one attached hydrogen (secondary N) is 1. The van der Waals surface area contributed by atoms with Crippen molar-refractivity contribution in [1.82, 2.24) is 10.2 Å². The molecule has 1 aromatic rings. The molecule has 0 aromatic carbocycles. The number of guanidine groups is 1. The summed E-state index contributed by atoms with van der Waals surface area (Å²) in [4.78, 5) is 18.8. The van der Waals surface area contributed by atoms with Crippen LogP contribution < -0.4 is 5.32 Å². The molecule has 3 heterocycles. The lowest BCUT2D eigenvalue weighted by atomic mass is 9.97. The third-order valence-corrected chi connectivity index (χ3v) is 5.09. The number of hydrogen-bond acceptors (Lipinski definition) is 5. The topological polar surface area (TPSA) is 76.3 Å². The minimum Gasteiger partial charge on any atom is -0.469 e. The number of esters is 1. The third-order valence-electron chi connectivity index (χ3n) is 5.09. The lowest BCUT2D eigenvalue weighted by Gasteiger charge is -2.33. The van der Waals surface area contributed by atoms with E-state index < -0.39 is 0 Å². The van der Waals surface area contributed by atoms with Crippen LogP contribution in [0, 0.1) is 11.8 Å². The van der Waals surface area contributed by atoms with Crippen molar-refractivity contribution in [3.63, 3.8) is 0 Å². The Balaban J connectivity index is 0.00000261. The molecule has 1 N–H and O–H groups in total. The Morgan fingerprint density at radius 3 is 2.81 bits per heavy atom. The second kappa shape index (κ2) is 11.5. The maximum Gasteiger partial charge on any atom is 0.308 e. The molecule has 2 aliphatic heterocycles. The van der Waals surface area contributed by atoms with E-state index in [1.165, 1.54) is 7.11 Å². The number of piperidine rings is 1. The van der Waals surface area contributed by atoms with Gasteiger partial charge in [-0.25, -0.2) is 0 Å². The van der Waals surface area contributed by atoms with Gasteiger partial charge in [0.25, 0.3) is 0 Å². The summed E-state index contributed by atoms with van der Waals surface area (Å²) in [7, 11) is 1.46. The maximum absolute atomic E-state index is 11.7. The van der Waals surface area contributed by atoms with Gasteiger partial charge in [-0.2, -0.15) is 0 Å². The SMILES string of the molecule is COC(=O)C1CCN(C(=NCC2CCOC2)NCCc2ccco2)CC1.I. The molecule has 8 heteroatoms. The van der Waals surface area contributed by atoms with E-state index in [4.69, 9.17) is 18.9 Å². The molecule has 1 atom stereocenters. The summed E-state index contributed by atoms with van der Waals surface area (Å²) in [6.07, 6.45) is 5.20. The van der Waals surface area contributed by atoms with Crippen molar-refractivity contribution in [2.75, 3.05) is 46.5 Å². The van der Waals surface area contributed by atoms with Crippen molar-refractivity contribution in [3.8, 4) is 0 Å². The second-order valence-corrected chi connectivity index (χ2v) is 6.93. The summed E-state index contributed by atoms with van der Waals surface area (Å²) >= 11 is 0. The van der Waals surface area contributed by atoms with Gasteiger partial charge >= 0.3 is 5.97 Å². The van der Waals surface area contributed by atoms with Crippen molar-refractivity contribution in [2.24, 2.45) is 16.8 Å². The Morgan fingerprint density at radius 1 is 1.37 bits per heavy atom. The molecule has 0 amide bonds. The van der Waals surface area contributed by atoms with E-state index in [9.17, 15) is 4.79 Å². The number of hydrogen-bond donors (Lipinski definition) is 1. The molecule has 0 radical (unpaired) electrons. The van der Waals surface area contributed by atoms with Crippen LogP contribution in [0.5, 0.6) is 0 Å². The van der Waals surface area contributed by atoms with Gasteiger partial charge in [0.15, 0.2) is 5.96 Å². The molecule has 0 bridgehead atoms. The predicted octanol–water partition coefficient (Wildman–Crippen LogP) is 2.31. The Kier molecular flexibility index (Phi) is 9.40.